The van der Waals surface area contributed by atoms with Gasteiger partial charge >= 0.3 is 0 Å². The highest BCUT2D eigenvalue weighted by molar-refractivity contribution is 5.99. The molecule has 2 aliphatic heterocycles. The minimum atomic E-state index is -0.414. The smallest absolute Gasteiger partial charge is 0.245 e. The van der Waals surface area contributed by atoms with Gasteiger partial charge in [-0.25, -0.2) is 4.39 Å². The van der Waals surface area contributed by atoms with Gasteiger partial charge in [-0.1, -0.05) is 18.7 Å². The third-order valence-electron chi connectivity index (χ3n) is 6.14. The van der Waals surface area contributed by atoms with Crippen molar-refractivity contribution >= 4 is 11.7 Å². The van der Waals surface area contributed by atoms with Crippen LogP contribution in [0, 0.1) is 5.82 Å². The van der Waals surface area contributed by atoms with Gasteiger partial charge in [0.1, 0.15) is 5.75 Å². The van der Waals surface area contributed by atoms with E-state index in [0.717, 1.165) is 28.9 Å². The van der Waals surface area contributed by atoms with E-state index in [0.29, 0.717) is 31.2 Å². The number of rotatable bonds is 5. The molecule has 5 rings (SSSR count). The molecule has 0 unspecified atom stereocenters. The van der Waals surface area contributed by atoms with Gasteiger partial charge in [-0.2, -0.15) is 5.10 Å². The molecule has 7 nitrogen and oxygen atoms in total. The second kappa shape index (κ2) is 8.46. The summed E-state index contributed by atoms with van der Waals surface area (Å²) in [6, 6.07) is 13.7. The molecule has 3 aromatic rings. The SMILES string of the molecule is C=CC(=O)N1CC[C@@H](c2cn(-c3ccc(Oc4ccccc4F)cc3)c3c2CNN=C3N)C1. The monoisotopic (exact) mass is 445 g/mol. The fourth-order valence-corrected chi connectivity index (χ4v) is 4.51. The number of ether oxygens (including phenoxy) is 1. The maximum Gasteiger partial charge on any atom is 0.245 e. The number of carbonyl (C=O) groups is 1. The Hall–Kier alpha value is -4.07. The van der Waals surface area contributed by atoms with Gasteiger partial charge in [-0.3, -0.25) is 4.79 Å². The number of likely N-dealkylation sites (tertiary alicyclic amines) is 1. The first kappa shape index (κ1) is 20.8. The molecule has 1 amide bonds. The lowest BCUT2D eigenvalue weighted by molar-refractivity contribution is -0.125. The highest BCUT2D eigenvalue weighted by Crippen LogP contribution is 2.35. The summed E-state index contributed by atoms with van der Waals surface area (Å²) in [5.74, 6) is 0.862. The predicted octanol–water partition coefficient (Wildman–Crippen LogP) is 3.63. The number of para-hydroxylation sites is 1. The summed E-state index contributed by atoms with van der Waals surface area (Å²) < 4.78 is 21.6. The first-order valence-corrected chi connectivity index (χ1v) is 10.8. The molecule has 0 radical (unpaired) electrons. The minimum absolute atomic E-state index is 0.0459. The molecule has 3 heterocycles. The molecule has 168 valence electrons. The van der Waals surface area contributed by atoms with E-state index >= 15 is 0 Å². The van der Waals surface area contributed by atoms with Crippen molar-refractivity contribution in [2.24, 2.45) is 10.8 Å². The Bertz CT molecular complexity index is 1250. The highest BCUT2D eigenvalue weighted by Gasteiger charge is 2.32. The Kier molecular flexibility index (Phi) is 5.34. The number of nitrogens with zero attached hydrogens (tertiary/aromatic N) is 3. The number of amides is 1. The van der Waals surface area contributed by atoms with Crippen molar-refractivity contribution in [1.29, 1.82) is 0 Å². The Morgan fingerprint density at radius 2 is 2.03 bits per heavy atom. The lowest BCUT2D eigenvalue weighted by atomic mass is 9.95. The molecule has 1 saturated heterocycles. The third kappa shape index (κ3) is 3.84. The van der Waals surface area contributed by atoms with E-state index in [1.807, 2.05) is 21.6 Å². The van der Waals surface area contributed by atoms with Gasteiger partial charge in [-0.15, -0.1) is 0 Å². The molecule has 0 bridgehead atoms. The van der Waals surface area contributed by atoms with E-state index in [9.17, 15) is 9.18 Å². The Balaban J connectivity index is 1.46. The molecule has 1 atom stereocenters. The molecular formula is C25H24FN5O2. The van der Waals surface area contributed by atoms with Crippen molar-refractivity contribution < 1.29 is 13.9 Å². The number of benzene rings is 2. The van der Waals surface area contributed by atoms with Gasteiger partial charge in [-0.05, 0) is 54.5 Å². The van der Waals surface area contributed by atoms with Crippen molar-refractivity contribution in [3.63, 3.8) is 0 Å². The quantitative estimate of drug-likeness (QED) is 0.588. The normalized spacial score (nSPS) is 17.2. The van der Waals surface area contributed by atoms with E-state index in [1.54, 1.807) is 30.3 Å². The molecule has 2 aromatic carbocycles. The molecule has 0 saturated carbocycles. The molecule has 3 N–H and O–H groups in total. The van der Waals surface area contributed by atoms with Crippen LogP contribution in [0.4, 0.5) is 4.39 Å². The zero-order valence-electron chi connectivity index (χ0n) is 18.0. The van der Waals surface area contributed by atoms with Crippen molar-refractivity contribution in [3.05, 3.63) is 90.0 Å². The first-order valence-electron chi connectivity index (χ1n) is 10.8. The molecule has 0 spiro atoms. The van der Waals surface area contributed by atoms with E-state index in [1.165, 1.54) is 12.1 Å². The molecule has 1 aromatic heterocycles. The van der Waals surface area contributed by atoms with Crippen molar-refractivity contribution in [2.75, 3.05) is 13.1 Å². The Morgan fingerprint density at radius 1 is 1.24 bits per heavy atom. The van der Waals surface area contributed by atoms with Gasteiger partial charge in [0.15, 0.2) is 17.4 Å². The Labute approximate surface area is 191 Å². The van der Waals surface area contributed by atoms with Gasteiger partial charge in [0.25, 0.3) is 0 Å². The number of amidine groups is 1. The summed E-state index contributed by atoms with van der Waals surface area (Å²) in [6.45, 7) is 5.51. The molecule has 33 heavy (non-hydrogen) atoms. The maximum absolute atomic E-state index is 13.9. The number of hydrogen-bond acceptors (Lipinski definition) is 5. The van der Waals surface area contributed by atoms with Gasteiger partial charge in [0.2, 0.25) is 5.91 Å². The maximum atomic E-state index is 13.9. The lowest BCUT2D eigenvalue weighted by Crippen LogP contribution is -2.29. The van der Waals surface area contributed by atoms with E-state index in [-0.39, 0.29) is 17.6 Å². The highest BCUT2D eigenvalue weighted by atomic mass is 19.1. The summed E-state index contributed by atoms with van der Waals surface area (Å²) in [7, 11) is 0. The number of nitrogens with one attached hydrogen (secondary N) is 1. The summed E-state index contributed by atoms with van der Waals surface area (Å²) in [5, 5.41) is 4.22. The molecule has 8 heteroatoms. The number of fused-ring (bicyclic) bond motifs is 1. The van der Waals surface area contributed by atoms with Crippen molar-refractivity contribution in [3.8, 4) is 17.2 Å². The standard InChI is InChI=1S/C25H24FN5O2/c1-2-23(32)30-12-11-16(14-30)20-15-31(24-19(20)13-28-29-25(24)27)17-7-9-18(10-8-17)33-22-6-4-3-5-21(22)26/h2-10,15-16,28H,1,11-14H2,(H2,27,29)/t16-/m1/s1. The van der Waals surface area contributed by atoms with Crippen LogP contribution in [-0.4, -0.2) is 34.3 Å². The largest absolute Gasteiger partial charge is 0.454 e. The van der Waals surface area contributed by atoms with Crippen LogP contribution >= 0.6 is 0 Å². The van der Waals surface area contributed by atoms with Crippen LogP contribution in [0.25, 0.3) is 5.69 Å². The first-order chi connectivity index (χ1) is 16.0. The molecule has 0 aliphatic carbocycles. The zero-order valence-corrected chi connectivity index (χ0v) is 18.0. The van der Waals surface area contributed by atoms with E-state index in [2.05, 4.69) is 23.3 Å². The van der Waals surface area contributed by atoms with Crippen molar-refractivity contribution in [1.82, 2.24) is 14.9 Å². The average Bonchev–Trinajstić information content (AvgIpc) is 3.47. The zero-order chi connectivity index (χ0) is 22.9. The second-order valence-electron chi connectivity index (χ2n) is 8.11. The van der Waals surface area contributed by atoms with Gasteiger partial charge in [0.05, 0.1) is 12.2 Å². The van der Waals surface area contributed by atoms with Gasteiger partial charge < -0.3 is 25.4 Å². The minimum Gasteiger partial charge on any atom is -0.454 e. The number of nitrogens with two attached hydrogens (primary N) is 1. The molecule has 2 aliphatic rings. The number of carbonyl (C=O) groups excluding carboxylic acids is 1. The topological polar surface area (TPSA) is 84.9 Å². The van der Waals surface area contributed by atoms with Crippen LogP contribution in [0.3, 0.4) is 0 Å². The lowest BCUT2D eigenvalue weighted by Gasteiger charge is -2.17. The van der Waals surface area contributed by atoms with Crippen LogP contribution in [0.1, 0.15) is 29.2 Å². The number of hydrogen-bond donors (Lipinski definition) is 2. The average molecular weight is 445 g/mol. The van der Waals surface area contributed by atoms with Crippen LogP contribution in [0.5, 0.6) is 11.5 Å². The summed E-state index contributed by atoms with van der Waals surface area (Å²) in [5.41, 5.74) is 13.2. The van der Waals surface area contributed by atoms with E-state index in [4.69, 9.17) is 10.5 Å². The summed E-state index contributed by atoms with van der Waals surface area (Å²) >= 11 is 0. The van der Waals surface area contributed by atoms with Crippen LogP contribution in [-0.2, 0) is 11.3 Å². The summed E-state index contributed by atoms with van der Waals surface area (Å²) in [4.78, 5) is 13.9. The third-order valence-corrected chi connectivity index (χ3v) is 6.14. The van der Waals surface area contributed by atoms with E-state index < -0.39 is 5.82 Å². The number of aromatic nitrogens is 1. The second-order valence-corrected chi connectivity index (χ2v) is 8.11. The van der Waals surface area contributed by atoms with Crippen LogP contribution in [0.2, 0.25) is 0 Å². The number of hydrazone groups is 1. The van der Waals surface area contributed by atoms with Gasteiger partial charge in [0, 0.05) is 36.5 Å². The fourth-order valence-electron chi connectivity index (χ4n) is 4.51. The fraction of sp³-hybridized carbons (Fsp3) is 0.200. The predicted molar refractivity (Wildman–Crippen MR) is 124 cm³/mol. The molecular weight excluding hydrogens is 421 g/mol. The Morgan fingerprint density at radius 3 is 2.79 bits per heavy atom. The summed E-state index contributed by atoms with van der Waals surface area (Å²) in [6.07, 6.45) is 4.32. The van der Waals surface area contributed by atoms with Crippen LogP contribution in [0.15, 0.2) is 72.5 Å². The number of halogens is 1. The molecule has 1 fully saturated rings. The van der Waals surface area contributed by atoms with Crippen LogP contribution < -0.4 is 15.9 Å². The van der Waals surface area contributed by atoms with Crippen molar-refractivity contribution in [2.45, 2.75) is 18.9 Å².